The van der Waals surface area contributed by atoms with Gasteiger partial charge in [0.2, 0.25) is 0 Å². The highest BCUT2D eigenvalue weighted by atomic mass is 19.1. The van der Waals surface area contributed by atoms with Crippen LogP contribution in [0.15, 0.2) is 27.5 Å². The fourth-order valence-electron chi connectivity index (χ4n) is 4.27. The van der Waals surface area contributed by atoms with Crippen LogP contribution in [0.2, 0.25) is 0 Å². The van der Waals surface area contributed by atoms with Crippen LogP contribution in [0.3, 0.4) is 0 Å². The summed E-state index contributed by atoms with van der Waals surface area (Å²) in [5, 5.41) is 13.8. The topological polar surface area (TPSA) is 101 Å². The van der Waals surface area contributed by atoms with E-state index in [1.807, 2.05) is 6.92 Å². The molecule has 4 rings (SSSR count). The van der Waals surface area contributed by atoms with Gasteiger partial charge in [-0.2, -0.15) is 0 Å². The molecule has 8 heteroatoms. The summed E-state index contributed by atoms with van der Waals surface area (Å²) >= 11 is 0. The van der Waals surface area contributed by atoms with Gasteiger partial charge in [-0.3, -0.25) is 14.5 Å². The van der Waals surface area contributed by atoms with Crippen molar-refractivity contribution in [3.63, 3.8) is 0 Å². The van der Waals surface area contributed by atoms with Gasteiger partial charge in [0.25, 0.3) is 0 Å². The average Bonchev–Trinajstić information content (AvgIpc) is 3.19. The maximum Gasteiger partial charge on any atom is 0.439 e. The van der Waals surface area contributed by atoms with E-state index in [9.17, 15) is 14.3 Å². The van der Waals surface area contributed by atoms with Crippen molar-refractivity contribution in [2.45, 2.75) is 64.9 Å². The summed E-state index contributed by atoms with van der Waals surface area (Å²) in [6, 6.07) is 5.13. The lowest BCUT2D eigenvalue weighted by Gasteiger charge is -2.22. The zero-order valence-corrected chi connectivity index (χ0v) is 17.7. The fourth-order valence-corrected chi connectivity index (χ4v) is 4.27. The van der Waals surface area contributed by atoms with Gasteiger partial charge in [0.15, 0.2) is 17.4 Å². The quantitative estimate of drug-likeness (QED) is 0.603. The normalized spacial score (nSPS) is 14.7. The van der Waals surface area contributed by atoms with Crippen LogP contribution in [-0.2, 0) is 13.0 Å². The third kappa shape index (κ3) is 4.62. The van der Waals surface area contributed by atoms with Gasteiger partial charge < -0.3 is 9.84 Å². The predicted molar refractivity (Wildman–Crippen MR) is 112 cm³/mol. The van der Waals surface area contributed by atoms with Crippen LogP contribution >= 0.6 is 0 Å². The van der Waals surface area contributed by atoms with Crippen molar-refractivity contribution in [2.24, 2.45) is 0 Å². The van der Waals surface area contributed by atoms with E-state index in [-0.39, 0.29) is 29.8 Å². The number of hydrogen-bond donors (Lipinski definition) is 2. The minimum Gasteiger partial charge on any atom is -0.506 e. The Morgan fingerprint density at radius 2 is 2.03 bits per heavy atom. The van der Waals surface area contributed by atoms with Crippen molar-refractivity contribution < 1.29 is 18.8 Å². The fraction of sp³-hybridized carbons (Fsp3) is 0.435. The van der Waals surface area contributed by atoms with Crippen molar-refractivity contribution in [3.05, 3.63) is 68.5 Å². The Labute approximate surface area is 179 Å². The van der Waals surface area contributed by atoms with Crippen molar-refractivity contribution in [1.29, 1.82) is 0 Å². The van der Waals surface area contributed by atoms with Crippen LogP contribution in [0.25, 0.3) is 0 Å². The molecule has 3 aromatic rings. The Hall–Kier alpha value is -3.16. The van der Waals surface area contributed by atoms with Gasteiger partial charge in [0.05, 0.1) is 5.69 Å². The van der Waals surface area contributed by atoms with Crippen molar-refractivity contribution in [1.82, 2.24) is 15.1 Å². The van der Waals surface area contributed by atoms with Crippen molar-refractivity contribution in [2.75, 3.05) is 0 Å². The number of nitrogens with zero attached hydrogens (tertiary/aromatic N) is 2. The highest BCUT2D eigenvalue weighted by molar-refractivity contribution is 5.45. The third-order valence-corrected chi connectivity index (χ3v) is 5.98. The maximum absolute atomic E-state index is 15.0. The molecule has 0 saturated heterocycles. The number of H-pyrrole nitrogens is 1. The van der Waals surface area contributed by atoms with E-state index < -0.39 is 11.6 Å². The zero-order chi connectivity index (χ0) is 22.0. The number of aryl methyl sites for hydroxylation is 1. The van der Waals surface area contributed by atoms with E-state index >= 15 is 0 Å². The molecule has 0 amide bonds. The summed E-state index contributed by atoms with van der Waals surface area (Å²) < 4.78 is 24.9. The molecule has 2 aromatic heterocycles. The molecule has 1 aliphatic rings. The number of benzene rings is 1. The summed E-state index contributed by atoms with van der Waals surface area (Å²) in [6.07, 6.45) is 6.09. The first kappa shape index (κ1) is 21.1. The lowest BCUT2D eigenvalue weighted by Crippen LogP contribution is -2.09. The van der Waals surface area contributed by atoms with Crippen LogP contribution < -0.4 is 10.5 Å². The molecule has 0 atom stereocenters. The Bertz CT molecular complexity index is 1130. The number of hydrogen-bond acceptors (Lipinski definition) is 6. The van der Waals surface area contributed by atoms with E-state index in [1.165, 1.54) is 6.42 Å². The summed E-state index contributed by atoms with van der Waals surface area (Å²) in [7, 11) is 0. The summed E-state index contributed by atoms with van der Waals surface area (Å²) in [6.45, 7) is 3.51. The molecule has 0 bridgehead atoms. The Morgan fingerprint density at radius 1 is 1.26 bits per heavy atom. The molecule has 0 spiro atoms. The minimum absolute atomic E-state index is 0.0872. The summed E-state index contributed by atoms with van der Waals surface area (Å²) in [4.78, 5) is 18.1. The van der Waals surface area contributed by atoms with Crippen LogP contribution in [0.5, 0.6) is 11.5 Å². The van der Waals surface area contributed by atoms with E-state index in [0.29, 0.717) is 12.0 Å². The van der Waals surface area contributed by atoms with Crippen LogP contribution in [0.4, 0.5) is 4.39 Å². The monoisotopic (exact) mass is 427 g/mol. The highest BCUT2D eigenvalue weighted by Crippen LogP contribution is 2.36. The summed E-state index contributed by atoms with van der Waals surface area (Å²) in [5.74, 6) is -0.346. The molecule has 0 aliphatic heterocycles. The Morgan fingerprint density at radius 3 is 2.74 bits per heavy atom. The molecular formula is C23H26FN3O4. The second kappa shape index (κ2) is 8.91. The lowest BCUT2D eigenvalue weighted by atomic mass is 9.86. The van der Waals surface area contributed by atoms with Gasteiger partial charge in [-0.25, -0.2) is 9.18 Å². The van der Waals surface area contributed by atoms with Crippen LogP contribution in [-0.4, -0.2) is 20.2 Å². The number of halogens is 1. The molecule has 2 N–H and O–H groups in total. The number of aromatic nitrogens is 3. The van der Waals surface area contributed by atoms with Crippen molar-refractivity contribution >= 4 is 0 Å². The number of rotatable bonds is 6. The second-order valence-corrected chi connectivity index (χ2v) is 8.16. The van der Waals surface area contributed by atoms with Gasteiger partial charge >= 0.3 is 5.76 Å². The van der Waals surface area contributed by atoms with E-state index in [1.54, 1.807) is 25.1 Å². The molecule has 2 heterocycles. The first-order valence-corrected chi connectivity index (χ1v) is 10.6. The number of aromatic hydroxyl groups is 1. The molecule has 1 saturated carbocycles. The number of nitrogens with one attached hydrogen (secondary N) is 1. The molecular weight excluding hydrogens is 401 g/mol. The first-order chi connectivity index (χ1) is 14.9. The number of pyridine rings is 1. The maximum atomic E-state index is 15.0. The van der Waals surface area contributed by atoms with Gasteiger partial charge in [-0.15, -0.1) is 0 Å². The predicted octanol–water partition coefficient (Wildman–Crippen LogP) is 4.44. The minimum atomic E-state index is -0.684. The molecule has 31 heavy (non-hydrogen) atoms. The van der Waals surface area contributed by atoms with Gasteiger partial charge in [0, 0.05) is 18.0 Å². The molecule has 0 radical (unpaired) electrons. The smallest absolute Gasteiger partial charge is 0.439 e. The second-order valence-electron chi connectivity index (χ2n) is 8.16. The molecule has 1 fully saturated rings. The third-order valence-electron chi connectivity index (χ3n) is 5.98. The molecule has 7 nitrogen and oxygen atoms in total. The molecule has 1 aliphatic carbocycles. The van der Waals surface area contributed by atoms with Crippen LogP contribution in [0, 0.1) is 19.7 Å². The lowest BCUT2D eigenvalue weighted by molar-refractivity contribution is 0.271. The largest absolute Gasteiger partial charge is 0.506 e. The molecule has 0 unspecified atom stereocenters. The van der Waals surface area contributed by atoms with E-state index in [2.05, 4.69) is 14.7 Å². The highest BCUT2D eigenvalue weighted by Gasteiger charge is 2.21. The zero-order valence-electron chi connectivity index (χ0n) is 17.7. The molecule has 164 valence electrons. The Balaban J connectivity index is 1.56. The standard InChI is InChI=1S/C23H26FN3O4/c1-13-10-19(30-12-20-26-23(29)31-27-20)21(24)14(2)17(13)11-16-8-9-18(28)22(25-16)15-6-4-3-5-7-15/h8-10,15,28H,3-7,11-12H2,1-2H3,(H,26,27,29). The van der Waals surface area contributed by atoms with Gasteiger partial charge in [0.1, 0.15) is 12.4 Å². The van der Waals surface area contributed by atoms with Crippen molar-refractivity contribution in [3.8, 4) is 11.5 Å². The number of ether oxygens (including phenoxy) is 1. The van der Waals surface area contributed by atoms with E-state index in [4.69, 9.17) is 9.72 Å². The van der Waals surface area contributed by atoms with Gasteiger partial charge in [-0.05, 0) is 61.6 Å². The van der Waals surface area contributed by atoms with Gasteiger partial charge in [-0.1, -0.05) is 24.4 Å². The number of aromatic amines is 1. The SMILES string of the molecule is Cc1cc(OCc2noc(=O)[nH]2)c(F)c(C)c1Cc1ccc(O)c(C2CCCCC2)n1. The summed E-state index contributed by atoms with van der Waals surface area (Å²) in [5.41, 5.74) is 3.76. The van der Waals surface area contributed by atoms with E-state index in [0.717, 1.165) is 48.2 Å². The first-order valence-electron chi connectivity index (χ1n) is 10.6. The van der Waals surface area contributed by atoms with Crippen LogP contribution in [0.1, 0.15) is 71.9 Å². The average molecular weight is 427 g/mol. The molecule has 1 aromatic carbocycles. The Kier molecular flexibility index (Phi) is 6.06.